The molecule has 1 fully saturated rings. The summed E-state index contributed by atoms with van der Waals surface area (Å²) in [6.45, 7) is 2.27. The predicted octanol–water partition coefficient (Wildman–Crippen LogP) is 4.71. The van der Waals surface area contributed by atoms with Gasteiger partial charge in [0, 0.05) is 17.4 Å². The van der Waals surface area contributed by atoms with Crippen molar-refractivity contribution in [2.45, 2.75) is 25.1 Å². The minimum absolute atomic E-state index is 0.0223. The molecule has 0 radical (unpaired) electrons. The molecule has 8 heteroatoms. The number of benzene rings is 1. The second kappa shape index (κ2) is 9.28. The van der Waals surface area contributed by atoms with Crippen LogP contribution in [-0.4, -0.2) is 32.4 Å². The van der Waals surface area contributed by atoms with Gasteiger partial charge < -0.3 is 4.42 Å². The van der Waals surface area contributed by atoms with E-state index >= 15 is 0 Å². The van der Waals surface area contributed by atoms with E-state index in [1.54, 1.807) is 35.8 Å². The zero-order valence-corrected chi connectivity index (χ0v) is 17.8. The largest absolute Gasteiger partial charge is 0.467 e. The lowest BCUT2D eigenvalue weighted by Gasteiger charge is -2.14. The molecule has 0 saturated carbocycles. The van der Waals surface area contributed by atoms with E-state index in [0.29, 0.717) is 28.9 Å². The second-order valence-corrected chi connectivity index (χ2v) is 8.38. The molecule has 1 aliphatic rings. The van der Waals surface area contributed by atoms with Crippen molar-refractivity contribution in [3.63, 3.8) is 0 Å². The smallest absolute Gasteiger partial charge is 0.242 e. The number of amidine groups is 1. The molecule has 3 heterocycles. The van der Waals surface area contributed by atoms with Crippen LogP contribution in [0.1, 0.15) is 22.5 Å². The fourth-order valence-electron chi connectivity index (χ4n) is 2.99. The van der Waals surface area contributed by atoms with Crippen LogP contribution >= 0.6 is 23.4 Å². The van der Waals surface area contributed by atoms with Gasteiger partial charge in [-0.05, 0) is 60.4 Å². The lowest BCUT2D eigenvalue weighted by Crippen LogP contribution is -2.32. The van der Waals surface area contributed by atoms with Gasteiger partial charge in [0.25, 0.3) is 0 Å². The van der Waals surface area contributed by atoms with E-state index < -0.39 is 0 Å². The number of amides is 1. The standard InChI is InChI=1S/C22H19ClN4O2S/c1-15-4-5-17(11-19(15)23)12-20-21(28)27(14-18-3-2-10-29-18)22(30-20)26-25-13-16-6-8-24-9-7-16/h2-11,13,20H,12,14H2,1H3/b25-13+,26-22+. The Kier molecular flexibility index (Phi) is 6.30. The highest BCUT2D eigenvalue weighted by Crippen LogP contribution is 2.32. The predicted molar refractivity (Wildman–Crippen MR) is 120 cm³/mol. The SMILES string of the molecule is Cc1ccc(CC2S/C(=N/N=C/c3ccncc3)N(Cc3ccco3)C2=O)cc1Cl. The van der Waals surface area contributed by atoms with Gasteiger partial charge >= 0.3 is 0 Å². The number of aryl methyl sites for hydroxylation is 1. The summed E-state index contributed by atoms with van der Waals surface area (Å²) < 4.78 is 5.43. The number of rotatable bonds is 6. The van der Waals surface area contributed by atoms with Gasteiger partial charge in [-0.3, -0.25) is 14.7 Å². The van der Waals surface area contributed by atoms with Crippen molar-refractivity contribution in [1.82, 2.24) is 9.88 Å². The number of carbonyl (C=O) groups excluding carboxylic acids is 1. The topological polar surface area (TPSA) is 71.1 Å². The third-order valence-electron chi connectivity index (χ3n) is 4.63. The molecule has 1 aliphatic heterocycles. The third kappa shape index (κ3) is 4.80. The molecule has 1 amide bonds. The van der Waals surface area contributed by atoms with Crippen molar-refractivity contribution in [3.05, 3.63) is 88.6 Å². The summed E-state index contributed by atoms with van der Waals surface area (Å²) in [4.78, 5) is 18.7. The number of pyridine rings is 1. The van der Waals surface area contributed by atoms with Crippen LogP contribution in [0.5, 0.6) is 0 Å². The highest BCUT2D eigenvalue weighted by Gasteiger charge is 2.38. The van der Waals surface area contributed by atoms with E-state index in [0.717, 1.165) is 16.7 Å². The summed E-state index contributed by atoms with van der Waals surface area (Å²) in [5.41, 5.74) is 2.90. The summed E-state index contributed by atoms with van der Waals surface area (Å²) in [7, 11) is 0. The molecule has 1 unspecified atom stereocenters. The number of hydrogen-bond acceptors (Lipinski definition) is 6. The fourth-order valence-corrected chi connectivity index (χ4v) is 4.33. The van der Waals surface area contributed by atoms with Gasteiger partial charge in [-0.15, -0.1) is 5.10 Å². The van der Waals surface area contributed by atoms with Crippen LogP contribution < -0.4 is 0 Å². The maximum Gasteiger partial charge on any atom is 0.242 e. The van der Waals surface area contributed by atoms with E-state index in [-0.39, 0.29) is 11.2 Å². The molecule has 1 atom stereocenters. The molecule has 0 N–H and O–H groups in total. The molecule has 4 rings (SSSR count). The monoisotopic (exact) mass is 438 g/mol. The maximum absolute atomic E-state index is 13.1. The van der Waals surface area contributed by atoms with Gasteiger partial charge in [-0.25, -0.2) is 0 Å². The lowest BCUT2D eigenvalue weighted by atomic mass is 10.1. The molecule has 0 spiro atoms. The van der Waals surface area contributed by atoms with Crippen molar-refractivity contribution in [2.75, 3.05) is 0 Å². The Morgan fingerprint density at radius 1 is 1.27 bits per heavy atom. The average molecular weight is 439 g/mol. The Balaban J connectivity index is 1.56. The minimum atomic E-state index is -0.298. The Hall–Kier alpha value is -2.90. The van der Waals surface area contributed by atoms with Gasteiger partial charge in [-0.2, -0.15) is 5.10 Å². The summed E-state index contributed by atoms with van der Waals surface area (Å²) in [6.07, 6.45) is 7.17. The highest BCUT2D eigenvalue weighted by molar-refractivity contribution is 8.15. The van der Waals surface area contributed by atoms with Gasteiger partial charge in [0.05, 0.1) is 24.3 Å². The molecular formula is C22H19ClN4O2S. The van der Waals surface area contributed by atoms with Crippen LogP contribution in [0.15, 0.2) is 75.7 Å². The summed E-state index contributed by atoms with van der Waals surface area (Å²) in [5, 5.41) is 9.44. The van der Waals surface area contributed by atoms with Crippen molar-refractivity contribution < 1.29 is 9.21 Å². The van der Waals surface area contributed by atoms with Crippen molar-refractivity contribution >= 4 is 40.7 Å². The van der Waals surface area contributed by atoms with Gasteiger partial charge in [0.1, 0.15) is 5.76 Å². The number of aromatic nitrogens is 1. The maximum atomic E-state index is 13.1. The van der Waals surface area contributed by atoms with Crippen molar-refractivity contribution in [1.29, 1.82) is 0 Å². The van der Waals surface area contributed by atoms with E-state index in [9.17, 15) is 4.79 Å². The number of nitrogens with zero attached hydrogens (tertiary/aromatic N) is 4. The normalized spacial score (nSPS) is 18.1. The van der Waals surface area contributed by atoms with E-state index in [1.165, 1.54) is 11.8 Å². The molecule has 2 aromatic heterocycles. The minimum Gasteiger partial charge on any atom is -0.467 e. The third-order valence-corrected chi connectivity index (χ3v) is 6.20. The van der Waals surface area contributed by atoms with E-state index in [1.807, 2.05) is 43.3 Å². The van der Waals surface area contributed by atoms with Crippen LogP contribution in [0.4, 0.5) is 0 Å². The number of furan rings is 1. The lowest BCUT2D eigenvalue weighted by molar-refractivity contribution is -0.126. The molecular weight excluding hydrogens is 420 g/mol. The van der Waals surface area contributed by atoms with Gasteiger partial charge in [0.15, 0.2) is 5.17 Å². The highest BCUT2D eigenvalue weighted by atomic mass is 35.5. The van der Waals surface area contributed by atoms with Crippen LogP contribution in [0.2, 0.25) is 5.02 Å². The fraction of sp³-hybridized carbons (Fsp3) is 0.182. The Bertz CT molecular complexity index is 1080. The molecule has 1 aromatic carbocycles. The van der Waals surface area contributed by atoms with E-state index in [2.05, 4.69) is 15.2 Å². The quantitative estimate of drug-likeness (QED) is 0.412. The van der Waals surface area contributed by atoms with Gasteiger partial charge in [-0.1, -0.05) is 35.5 Å². The molecule has 30 heavy (non-hydrogen) atoms. The van der Waals surface area contributed by atoms with Crippen LogP contribution in [0, 0.1) is 6.92 Å². The molecule has 1 saturated heterocycles. The first-order chi connectivity index (χ1) is 14.6. The molecule has 3 aromatic rings. The summed E-state index contributed by atoms with van der Waals surface area (Å²) in [5.74, 6) is 0.666. The van der Waals surface area contributed by atoms with Crippen molar-refractivity contribution in [3.8, 4) is 0 Å². The van der Waals surface area contributed by atoms with E-state index in [4.69, 9.17) is 16.0 Å². The summed E-state index contributed by atoms with van der Waals surface area (Å²) >= 11 is 7.66. The second-order valence-electron chi connectivity index (χ2n) is 6.81. The number of hydrogen-bond donors (Lipinski definition) is 0. The number of carbonyl (C=O) groups is 1. The van der Waals surface area contributed by atoms with Crippen LogP contribution in [0.25, 0.3) is 0 Å². The van der Waals surface area contributed by atoms with Crippen molar-refractivity contribution in [2.24, 2.45) is 10.2 Å². The molecule has 152 valence electrons. The Labute approximate surface area is 183 Å². The van der Waals surface area contributed by atoms with Crippen LogP contribution in [-0.2, 0) is 17.8 Å². The average Bonchev–Trinajstić information content (AvgIpc) is 3.36. The number of halogens is 1. The molecule has 6 nitrogen and oxygen atoms in total. The van der Waals surface area contributed by atoms with Gasteiger partial charge in [0.2, 0.25) is 5.91 Å². The van der Waals surface area contributed by atoms with Crippen LogP contribution in [0.3, 0.4) is 0 Å². The zero-order valence-electron chi connectivity index (χ0n) is 16.2. The summed E-state index contributed by atoms with van der Waals surface area (Å²) in [6, 6.07) is 13.2. The molecule has 0 bridgehead atoms. The Morgan fingerprint density at radius 2 is 2.10 bits per heavy atom. The Morgan fingerprint density at radius 3 is 2.83 bits per heavy atom. The number of thioether (sulfide) groups is 1. The molecule has 0 aliphatic carbocycles. The first-order valence-corrected chi connectivity index (χ1v) is 10.6. The zero-order chi connectivity index (χ0) is 20.9. The first-order valence-electron chi connectivity index (χ1n) is 9.36. The first kappa shape index (κ1) is 20.4.